The van der Waals surface area contributed by atoms with Gasteiger partial charge in [-0.3, -0.25) is 4.79 Å². The molecule has 0 atom stereocenters. The summed E-state index contributed by atoms with van der Waals surface area (Å²) in [5.74, 6) is -0.165. The van der Waals surface area contributed by atoms with Crippen molar-refractivity contribution in [1.29, 1.82) is 0 Å². The van der Waals surface area contributed by atoms with Gasteiger partial charge in [0.2, 0.25) is 0 Å². The number of carbonyl (C=O) groups excluding carboxylic acids is 1. The standard InChI is InChI=1S/C19H27N5O.ClH/c25-19(21-13-12-20-17-10-6-1-2-7-11-17)18-15-24(23-22-18)14-16-8-4-3-5-9-16;/h3-5,8-9,15,17,20H,1-2,6-7,10-14H2,(H,21,25);1H. The van der Waals surface area contributed by atoms with Crippen LogP contribution in [0.2, 0.25) is 0 Å². The van der Waals surface area contributed by atoms with E-state index >= 15 is 0 Å². The molecule has 6 nitrogen and oxygen atoms in total. The summed E-state index contributed by atoms with van der Waals surface area (Å²) in [6, 6.07) is 10.6. The molecular weight excluding hydrogens is 350 g/mol. The number of rotatable bonds is 7. The lowest BCUT2D eigenvalue weighted by Gasteiger charge is -2.16. The van der Waals surface area contributed by atoms with Crippen LogP contribution in [-0.2, 0) is 6.54 Å². The first-order chi connectivity index (χ1) is 12.3. The summed E-state index contributed by atoms with van der Waals surface area (Å²) in [5.41, 5.74) is 1.50. The molecule has 142 valence electrons. The van der Waals surface area contributed by atoms with Crippen LogP contribution < -0.4 is 10.6 Å². The highest BCUT2D eigenvalue weighted by molar-refractivity contribution is 5.91. The SMILES string of the molecule is Cl.O=C(NCCNC1CCCCCC1)c1cn(Cc2ccccc2)nn1. The van der Waals surface area contributed by atoms with Gasteiger partial charge in [-0.2, -0.15) is 0 Å². The number of nitrogens with zero attached hydrogens (tertiary/aromatic N) is 3. The van der Waals surface area contributed by atoms with Crippen molar-refractivity contribution >= 4 is 18.3 Å². The topological polar surface area (TPSA) is 71.8 Å². The highest BCUT2D eigenvalue weighted by Gasteiger charge is 2.13. The molecule has 2 aromatic rings. The van der Waals surface area contributed by atoms with Crippen LogP contribution in [0.5, 0.6) is 0 Å². The van der Waals surface area contributed by atoms with Crippen molar-refractivity contribution in [3.8, 4) is 0 Å². The van der Waals surface area contributed by atoms with E-state index in [1.54, 1.807) is 10.9 Å². The van der Waals surface area contributed by atoms with Crippen LogP contribution in [0.4, 0.5) is 0 Å². The van der Waals surface area contributed by atoms with Crippen molar-refractivity contribution in [2.45, 2.75) is 51.1 Å². The molecule has 0 saturated heterocycles. The Kier molecular flexibility index (Phi) is 8.58. The second-order valence-electron chi connectivity index (χ2n) is 6.69. The zero-order valence-corrected chi connectivity index (χ0v) is 15.9. The minimum Gasteiger partial charge on any atom is -0.349 e. The molecule has 2 N–H and O–H groups in total. The van der Waals surface area contributed by atoms with Gasteiger partial charge in [-0.25, -0.2) is 4.68 Å². The van der Waals surface area contributed by atoms with Crippen LogP contribution in [0.15, 0.2) is 36.5 Å². The van der Waals surface area contributed by atoms with E-state index < -0.39 is 0 Å². The normalized spacial score (nSPS) is 15.1. The summed E-state index contributed by atoms with van der Waals surface area (Å²) in [6.45, 7) is 2.03. The van der Waals surface area contributed by atoms with Gasteiger partial charge in [-0.15, -0.1) is 17.5 Å². The number of aromatic nitrogens is 3. The quantitative estimate of drug-likeness (QED) is 0.575. The lowest BCUT2D eigenvalue weighted by atomic mass is 10.1. The minimum absolute atomic E-state index is 0. The number of hydrogen-bond acceptors (Lipinski definition) is 4. The molecule has 3 rings (SSSR count). The van der Waals surface area contributed by atoms with E-state index in [1.807, 2.05) is 30.3 Å². The van der Waals surface area contributed by atoms with Crippen LogP contribution in [0.1, 0.15) is 54.6 Å². The predicted octanol–water partition coefficient (Wildman–Crippen LogP) is 2.79. The van der Waals surface area contributed by atoms with Gasteiger partial charge in [0, 0.05) is 19.1 Å². The zero-order valence-electron chi connectivity index (χ0n) is 15.1. The number of amides is 1. The van der Waals surface area contributed by atoms with Crippen molar-refractivity contribution in [3.05, 3.63) is 47.8 Å². The van der Waals surface area contributed by atoms with E-state index in [2.05, 4.69) is 20.9 Å². The lowest BCUT2D eigenvalue weighted by Crippen LogP contribution is -2.37. The number of nitrogens with one attached hydrogen (secondary N) is 2. The molecule has 1 aliphatic carbocycles. The van der Waals surface area contributed by atoms with Gasteiger partial charge in [0.1, 0.15) is 0 Å². The second-order valence-corrected chi connectivity index (χ2v) is 6.69. The fraction of sp³-hybridized carbons (Fsp3) is 0.526. The highest BCUT2D eigenvalue weighted by Crippen LogP contribution is 2.16. The van der Waals surface area contributed by atoms with Crippen LogP contribution in [0, 0.1) is 0 Å². The zero-order chi connectivity index (χ0) is 17.3. The molecule has 7 heteroatoms. The molecule has 0 radical (unpaired) electrons. The fourth-order valence-corrected chi connectivity index (χ4v) is 3.28. The third kappa shape index (κ3) is 6.42. The summed E-state index contributed by atoms with van der Waals surface area (Å²) in [4.78, 5) is 12.2. The van der Waals surface area contributed by atoms with E-state index in [0.29, 0.717) is 24.8 Å². The van der Waals surface area contributed by atoms with Gasteiger partial charge >= 0.3 is 0 Å². The lowest BCUT2D eigenvalue weighted by molar-refractivity contribution is 0.0948. The number of halogens is 1. The van der Waals surface area contributed by atoms with Gasteiger partial charge in [0.05, 0.1) is 12.7 Å². The van der Waals surface area contributed by atoms with Crippen LogP contribution in [0.25, 0.3) is 0 Å². The predicted molar refractivity (Wildman–Crippen MR) is 105 cm³/mol. The first kappa shape index (κ1) is 20.4. The Labute approximate surface area is 161 Å². The van der Waals surface area contributed by atoms with Crippen molar-refractivity contribution in [1.82, 2.24) is 25.6 Å². The van der Waals surface area contributed by atoms with Crippen LogP contribution >= 0.6 is 12.4 Å². The van der Waals surface area contributed by atoms with Gasteiger partial charge < -0.3 is 10.6 Å². The maximum atomic E-state index is 12.2. The first-order valence-electron chi connectivity index (χ1n) is 9.27. The van der Waals surface area contributed by atoms with Gasteiger partial charge in [0.25, 0.3) is 5.91 Å². The average molecular weight is 378 g/mol. The molecule has 1 aliphatic rings. The van der Waals surface area contributed by atoms with Gasteiger partial charge in [0.15, 0.2) is 5.69 Å². The molecule has 26 heavy (non-hydrogen) atoms. The number of hydrogen-bond donors (Lipinski definition) is 2. The highest BCUT2D eigenvalue weighted by atomic mass is 35.5. The smallest absolute Gasteiger partial charge is 0.273 e. The monoisotopic (exact) mass is 377 g/mol. The summed E-state index contributed by atoms with van der Waals surface area (Å²) in [6.07, 6.45) is 9.54. The molecule has 1 fully saturated rings. The largest absolute Gasteiger partial charge is 0.349 e. The van der Waals surface area contributed by atoms with Crippen molar-refractivity contribution in [2.75, 3.05) is 13.1 Å². The molecular formula is C19H28ClN5O. The van der Waals surface area contributed by atoms with Crippen molar-refractivity contribution < 1.29 is 4.79 Å². The molecule has 1 saturated carbocycles. The molecule has 0 unspecified atom stereocenters. The molecule has 0 spiro atoms. The summed E-state index contributed by atoms with van der Waals surface area (Å²) < 4.78 is 1.69. The molecule has 0 bridgehead atoms. The van der Waals surface area contributed by atoms with E-state index in [9.17, 15) is 4.79 Å². The number of carbonyl (C=O) groups is 1. The summed E-state index contributed by atoms with van der Waals surface area (Å²) in [7, 11) is 0. The average Bonchev–Trinajstić information content (AvgIpc) is 2.94. The van der Waals surface area contributed by atoms with Crippen LogP contribution in [-0.4, -0.2) is 40.0 Å². The fourth-order valence-electron chi connectivity index (χ4n) is 3.28. The Bertz CT molecular complexity index is 653. The summed E-state index contributed by atoms with van der Waals surface area (Å²) >= 11 is 0. The van der Waals surface area contributed by atoms with E-state index in [4.69, 9.17) is 0 Å². The van der Waals surface area contributed by atoms with Crippen molar-refractivity contribution in [3.63, 3.8) is 0 Å². The van der Waals surface area contributed by atoms with Gasteiger partial charge in [-0.05, 0) is 18.4 Å². The Hall–Kier alpha value is -1.92. The number of benzene rings is 1. The summed E-state index contributed by atoms with van der Waals surface area (Å²) in [5, 5.41) is 14.5. The Morgan fingerprint density at radius 2 is 1.81 bits per heavy atom. The Morgan fingerprint density at radius 1 is 1.08 bits per heavy atom. The third-order valence-electron chi connectivity index (χ3n) is 4.66. The first-order valence-corrected chi connectivity index (χ1v) is 9.27. The van der Waals surface area contributed by atoms with E-state index in [-0.39, 0.29) is 18.3 Å². The molecule has 1 heterocycles. The molecule has 0 aliphatic heterocycles. The third-order valence-corrected chi connectivity index (χ3v) is 4.66. The van der Waals surface area contributed by atoms with E-state index in [1.165, 1.54) is 38.5 Å². The molecule has 1 amide bonds. The molecule has 1 aromatic heterocycles. The molecule has 1 aromatic carbocycles. The maximum Gasteiger partial charge on any atom is 0.273 e. The van der Waals surface area contributed by atoms with Crippen molar-refractivity contribution in [2.24, 2.45) is 0 Å². The second kappa shape index (κ2) is 10.9. The minimum atomic E-state index is -0.165. The maximum absolute atomic E-state index is 12.2. The van der Waals surface area contributed by atoms with Crippen LogP contribution in [0.3, 0.4) is 0 Å². The van der Waals surface area contributed by atoms with Gasteiger partial charge in [-0.1, -0.05) is 61.2 Å². The Morgan fingerprint density at radius 3 is 2.54 bits per heavy atom. The Balaban J connectivity index is 0.00000243. The van der Waals surface area contributed by atoms with E-state index in [0.717, 1.165) is 12.1 Å².